The third-order valence-electron chi connectivity index (χ3n) is 7.83. The van der Waals surface area contributed by atoms with Crippen molar-refractivity contribution in [1.82, 2.24) is 0 Å². The molecule has 2 nitrogen and oxygen atoms in total. The minimum atomic E-state index is -0.460. The quantitative estimate of drug-likeness (QED) is 0.0930. The molecular formula is C38H50Br2O2. The van der Waals surface area contributed by atoms with E-state index in [1.165, 1.54) is 33.4 Å². The molecule has 2 unspecified atom stereocenters. The maximum atomic E-state index is 6.42. The lowest BCUT2D eigenvalue weighted by Gasteiger charge is -2.36. The summed E-state index contributed by atoms with van der Waals surface area (Å²) in [6.45, 7) is 20.7. The summed E-state index contributed by atoms with van der Waals surface area (Å²) < 4.78 is 13.8. The lowest BCUT2D eigenvalue weighted by Crippen LogP contribution is -2.28. The highest BCUT2D eigenvalue weighted by Gasteiger charge is 2.36. The Morgan fingerprint density at radius 1 is 1.07 bits per heavy atom. The zero-order valence-corrected chi connectivity index (χ0v) is 29.9. The molecule has 0 aliphatic heterocycles. The van der Waals surface area contributed by atoms with Gasteiger partial charge in [-0.2, -0.15) is 0 Å². The van der Waals surface area contributed by atoms with Crippen molar-refractivity contribution in [2.24, 2.45) is 5.92 Å². The number of unbranched alkanes of at least 4 members (excludes halogenated alkanes) is 1. The normalized spacial score (nSPS) is 15.0. The van der Waals surface area contributed by atoms with Crippen LogP contribution >= 0.6 is 31.9 Å². The maximum absolute atomic E-state index is 6.42. The monoisotopic (exact) mass is 696 g/mol. The molecular weight excluding hydrogens is 648 g/mol. The Morgan fingerprint density at radius 3 is 2.45 bits per heavy atom. The number of allylic oxidation sites excluding steroid dienone is 9. The summed E-state index contributed by atoms with van der Waals surface area (Å²) in [7, 11) is 0. The molecule has 42 heavy (non-hydrogen) atoms. The number of hydrogen-bond donors (Lipinski definition) is 0. The van der Waals surface area contributed by atoms with E-state index in [0.717, 1.165) is 47.0 Å². The predicted octanol–water partition coefficient (Wildman–Crippen LogP) is 12.2. The molecule has 0 bridgehead atoms. The first-order valence-corrected chi connectivity index (χ1v) is 17.2. The molecule has 2 atom stereocenters. The van der Waals surface area contributed by atoms with Crippen molar-refractivity contribution < 1.29 is 9.47 Å². The first-order chi connectivity index (χ1) is 20.2. The lowest BCUT2D eigenvalue weighted by molar-refractivity contribution is 0.232. The van der Waals surface area contributed by atoms with Gasteiger partial charge in [0, 0.05) is 15.2 Å². The summed E-state index contributed by atoms with van der Waals surface area (Å²) in [5.41, 5.74) is 6.81. The fraction of sp³-hybridized carbons (Fsp3) is 0.421. The summed E-state index contributed by atoms with van der Waals surface area (Å²) in [5.74, 6) is 2.10. The SMILES string of the molecule is C=C/C=C(C)\C=C(/CC)C(C)(c1ccc(OCC(C)CC)c(OCCCC)c1)c1cc(Br)ccc1C(/C=C\CBr)=C/C. The molecule has 0 amide bonds. The van der Waals surface area contributed by atoms with Gasteiger partial charge in [-0.1, -0.05) is 139 Å². The third-order valence-corrected chi connectivity index (χ3v) is 8.70. The van der Waals surface area contributed by atoms with Gasteiger partial charge in [-0.05, 0) is 86.1 Å². The van der Waals surface area contributed by atoms with Gasteiger partial charge < -0.3 is 9.47 Å². The molecule has 228 valence electrons. The zero-order valence-electron chi connectivity index (χ0n) is 26.7. The fourth-order valence-corrected chi connectivity index (χ4v) is 5.59. The highest BCUT2D eigenvalue weighted by molar-refractivity contribution is 9.10. The van der Waals surface area contributed by atoms with Crippen LogP contribution in [-0.4, -0.2) is 18.5 Å². The first kappa shape index (κ1) is 35.9. The fourth-order valence-electron chi connectivity index (χ4n) is 5.05. The summed E-state index contributed by atoms with van der Waals surface area (Å²) in [6.07, 6.45) is 16.8. The maximum Gasteiger partial charge on any atom is 0.161 e. The topological polar surface area (TPSA) is 18.5 Å². The average molecular weight is 699 g/mol. The van der Waals surface area contributed by atoms with Crippen molar-refractivity contribution >= 4 is 37.4 Å². The number of rotatable bonds is 17. The third kappa shape index (κ3) is 9.61. The zero-order chi connectivity index (χ0) is 31.1. The van der Waals surface area contributed by atoms with Crippen LogP contribution in [0.4, 0.5) is 0 Å². The molecule has 0 spiro atoms. The second kappa shape index (κ2) is 18.4. The lowest BCUT2D eigenvalue weighted by atomic mass is 9.67. The van der Waals surface area contributed by atoms with Crippen LogP contribution in [0.15, 0.2) is 95.1 Å². The van der Waals surface area contributed by atoms with Crippen LogP contribution in [0.5, 0.6) is 11.5 Å². The minimum absolute atomic E-state index is 0.460. The van der Waals surface area contributed by atoms with Crippen molar-refractivity contribution in [1.29, 1.82) is 0 Å². The molecule has 4 heteroatoms. The molecule has 0 aliphatic carbocycles. The molecule has 0 aromatic heterocycles. The smallest absolute Gasteiger partial charge is 0.161 e. The number of halogens is 2. The molecule has 0 radical (unpaired) electrons. The van der Waals surface area contributed by atoms with Crippen LogP contribution in [0.3, 0.4) is 0 Å². The molecule has 2 aromatic rings. The van der Waals surface area contributed by atoms with Crippen LogP contribution < -0.4 is 9.47 Å². The van der Waals surface area contributed by atoms with Crippen LogP contribution in [0.25, 0.3) is 5.57 Å². The van der Waals surface area contributed by atoms with Crippen LogP contribution in [-0.2, 0) is 5.41 Å². The molecule has 0 aliphatic rings. The summed E-state index contributed by atoms with van der Waals surface area (Å²) >= 11 is 7.37. The van der Waals surface area contributed by atoms with E-state index < -0.39 is 5.41 Å². The van der Waals surface area contributed by atoms with E-state index in [9.17, 15) is 0 Å². The van der Waals surface area contributed by atoms with Gasteiger partial charge in [0.1, 0.15) is 0 Å². The van der Waals surface area contributed by atoms with Crippen molar-refractivity contribution in [3.8, 4) is 11.5 Å². The molecule has 2 rings (SSSR count). The molecule has 0 heterocycles. The highest BCUT2D eigenvalue weighted by Crippen LogP contribution is 2.47. The van der Waals surface area contributed by atoms with Gasteiger partial charge in [-0.3, -0.25) is 0 Å². The largest absolute Gasteiger partial charge is 0.490 e. The average Bonchev–Trinajstić information content (AvgIpc) is 2.99. The first-order valence-electron chi connectivity index (χ1n) is 15.3. The van der Waals surface area contributed by atoms with Crippen molar-refractivity contribution in [2.75, 3.05) is 18.5 Å². The van der Waals surface area contributed by atoms with Crippen molar-refractivity contribution in [3.05, 3.63) is 112 Å². The Hall–Kier alpha value is -2.30. The van der Waals surface area contributed by atoms with Gasteiger partial charge >= 0.3 is 0 Å². The summed E-state index contributed by atoms with van der Waals surface area (Å²) in [6, 6.07) is 13.2. The molecule has 0 N–H and O–H groups in total. The molecule has 0 saturated heterocycles. The summed E-state index contributed by atoms with van der Waals surface area (Å²) in [5, 5.41) is 0.801. The van der Waals surface area contributed by atoms with E-state index in [0.29, 0.717) is 19.1 Å². The van der Waals surface area contributed by atoms with Crippen LogP contribution in [0.2, 0.25) is 0 Å². The second-order valence-corrected chi connectivity index (χ2v) is 12.5. The Labute approximate surface area is 272 Å². The Bertz CT molecular complexity index is 1280. The minimum Gasteiger partial charge on any atom is -0.490 e. The van der Waals surface area contributed by atoms with E-state index in [1.54, 1.807) is 0 Å². The van der Waals surface area contributed by atoms with Gasteiger partial charge in [0.2, 0.25) is 0 Å². The molecule has 0 saturated carbocycles. The van der Waals surface area contributed by atoms with Crippen molar-refractivity contribution in [3.63, 3.8) is 0 Å². The van der Waals surface area contributed by atoms with Gasteiger partial charge in [0.25, 0.3) is 0 Å². The van der Waals surface area contributed by atoms with E-state index in [-0.39, 0.29) is 0 Å². The standard InChI is InChI=1S/C38H50Br2O2/c1-9-14-23-41-37-25-32(18-21-36(37)42-27-28(6)11-3)38(8,31(13-5)24-29(7)16-10-2)35-26-33(40)19-20-34(35)30(12-4)17-15-22-39/h10,12,15-21,24-26,28H,2,9,11,13-14,22-23,27H2,1,3-8H3/b17-15-,29-16-,30-12+,31-24+. The summed E-state index contributed by atoms with van der Waals surface area (Å²) in [4.78, 5) is 0. The van der Waals surface area contributed by atoms with Crippen LogP contribution in [0, 0.1) is 5.92 Å². The van der Waals surface area contributed by atoms with E-state index in [1.807, 2.05) is 6.08 Å². The Morgan fingerprint density at radius 2 is 1.83 bits per heavy atom. The van der Waals surface area contributed by atoms with Gasteiger partial charge in [-0.25, -0.2) is 0 Å². The Balaban J connectivity index is 2.95. The van der Waals surface area contributed by atoms with E-state index in [2.05, 4.69) is 154 Å². The van der Waals surface area contributed by atoms with Gasteiger partial charge in [0.15, 0.2) is 11.5 Å². The number of ether oxygens (including phenoxy) is 2. The van der Waals surface area contributed by atoms with E-state index >= 15 is 0 Å². The van der Waals surface area contributed by atoms with Gasteiger partial charge in [0.05, 0.1) is 13.2 Å². The predicted molar refractivity (Wildman–Crippen MR) is 191 cm³/mol. The number of benzene rings is 2. The van der Waals surface area contributed by atoms with Crippen molar-refractivity contribution in [2.45, 2.75) is 79.6 Å². The highest BCUT2D eigenvalue weighted by atomic mass is 79.9. The molecule has 0 fully saturated rings. The van der Waals surface area contributed by atoms with Crippen LogP contribution in [0.1, 0.15) is 90.8 Å². The Kier molecular flexibility index (Phi) is 15.7. The second-order valence-electron chi connectivity index (χ2n) is 11.0. The number of hydrogen-bond acceptors (Lipinski definition) is 2. The van der Waals surface area contributed by atoms with E-state index in [4.69, 9.17) is 9.47 Å². The number of alkyl halides is 1. The molecule has 2 aromatic carbocycles. The van der Waals surface area contributed by atoms with Gasteiger partial charge in [-0.15, -0.1) is 0 Å².